The molecule has 0 spiro atoms. The molecule has 6 rings (SSSR count). The number of pyridine rings is 1. The first-order valence-electron chi connectivity index (χ1n) is 11.8. The lowest BCUT2D eigenvalue weighted by Crippen LogP contribution is -2.55. The molecule has 4 heteroatoms. The Hall–Kier alpha value is -2.69. The number of aromatic nitrogens is 1. The first-order chi connectivity index (χ1) is 15.7. The van der Waals surface area contributed by atoms with E-state index in [0.29, 0.717) is 0 Å². The van der Waals surface area contributed by atoms with E-state index < -0.39 is 6.10 Å². The summed E-state index contributed by atoms with van der Waals surface area (Å²) in [4.78, 5) is 7.38. The third-order valence-electron chi connectivity index (χ3n) is 7.46. The molecule has 3 saturated heterocycles. The summed E-state index contributed by atoms with van der Waals surface area (Å²) in [6.07, 6.45) is 7.13. The van der Waals surface area contributed by atoms with Crippen LogP contribution in [0.2, 0.25) is 0 Å². The topological polar surface area (TPSA) is 45.6 Å². The monoisotopic (exact) mass is 428 g/mol. The smallest absolute Gasteiger partial charge is 0.119 e. The number of benzene rings is 2. The lowest BCUT2D eigenvalue weighted by atomic mass is 9.72. The van der Waals surface area contributed by atoms with Crippen LogP contribution in [-0.4, -0.2) is 41.2 Å². The average molecular weight is 429 g/mol. The van der Waals surface area contributed by atoms with Crippen molar-refractivity contribution in [1.29, 1.82) is 0 Å². The predicted molar refractivity (Wildman–Crippen MR) is 130 cm³/mol. The van der Waals surface area contributed by atoms with Crippen LogP contribution in [0.15, 0.2) is 54.6 Å². The van der Waals surface area contributed by atoms with Gasteiger partial charge < -0.3 is 9.84 Å². The van der Waals surface area contributed by atoms with Crippen LogP contribution >= 0.6 is 0 Å². The molecule has 1 N–H and O–H groups in total. The highest BCUT2D eigenvalue weighted by Gasteiger charge is 2.42. The molecule has 0 radical (unpaired) electrons. The second kappa shape index (κ2) is 9.05. The number of aliphatic hydroxyl groups is 1. The lowest BCUT2D eigenvalue weighted by Gasteiger charge is -2.51. The third-order valence-corrected chi connectivity index (χ3v) is 7.46. The van der Waals surface area contributed by atoms with Crippen LogP contribution < -0.4 is 4.74 Å². The quantitative estimate of drug-likeness (QED) is 0.558. The Kier molecular flexibility index (Phi) is 5.99. The van der Waals surface area contributed by atoms with Crippen LogP contribution in [0.4, 0.5) is 0 Å². The Morgan fingerprint density at radius 1 is 1.16 bits per heavy atom. The second-order valence-electron chi connectivity index (χ2n) is 9.22. The molecule has 0 amide bonds. The molecular formula is C28H32N2O2. The van der Waals surface area contributed by atoms with E-state index in [1.165, 1.54) is 12.8 Å². The number of rotatable bonds is 6. The first-order valence-corrected chi connectivity index (χ1v) is 11.8. The third kappa shape index (κ3) is 4.05. The summed E-state index contributed by atoms with van der Waals surface area (Å²) in [5, 5.41) is 12.6. The first kappa shape index (κ1) is 21.2. The summed E-state index contributed by atoms with van der Waals surface area (Å²) in [6, 6.07) is 18.4. The molecule has 2 bridgehead atoms. The fourth-order valence-corrected chi connectivity index (χ4v) is 5.63. The van der Waals surface area contributed by atoms with E-state index in [1.54, 1.807) is 7.11 Å². The Labute approximate surface area is 190 Å². The standard InChI is InChI=1S/C28H32N2O2/c1-3-20-18-30-14-13-21(20)15-27(30)28(31)25-16-22(10-9-19-7-5-4-6-8-19)29-26-12-11-23(32-2)17-24(25)26/h4-12,16-17,20-21,27-28,31H,3,13-15,18H2,1-2H3/b10-9+/t20-,21-,27-,28+/m0/s1. The van der Waals surface area contributed by atoms with Crippen molar-refractivity contribution >= 4 is 23.1 Å². The minimum Gasteiger partial charge on any atom is -0.497 e. The van der Waals surface area contributed by atoms with Crippen LogP contribution in [0.5, 0.6) is 5.75 Å². The zero-order valence-electron chi connectivity index (χ0n) is 18.9. The summed E-state index contributed by atoms with van der Waals surface area (Å²) >= 11 is 0. The van der Waals surface area contributed by atoms with Gasteiger partial charge in [-0.1, -0.05) is 49.8 Å². The van der Waals surface area contributed by atoms with Gasteiger partial charge in [-0.15, -0.1) is 0 Å². The number of fused-ring (bicyclic) bond motifs is 4. The molecule has 3 aromatic rings. The maximum Gasteiger partial charge on any atom is 0.119 e. The largest absolute Gasteiger partial charge is 0.497 e. The van der Waals surface area contributed by atoms with E-state index in [4.69, 9.17) is 9.72 Å². The van der Waals surface area contributed by atoms with Gasteiger partial charge >= 0.3 is 0 Å². The number of ether oxygens (including phenoxy) is 1. The number of aliphatic hydroxyl groups excluding tert-OH is 1. The molecule has 3 fully saturated rings. The second-order valence-corrected chi connectivity index (χ2v) is 9.22. The average Bonchev–Trinajstić information content (AvgIpc) is 2.87. The SMILES string of the molecule is CC[C@H]1CN2CC[C@H]1C[C@H]2[C@H](O)c1cc(/C=C/c2ccccc2)nc2ccc(OC)cc12. The van der Waals surface area contributed by atoms with Gasteiger partial charge in [0.15, 0.2) is 0 Å². The molecule has 4 nitrogen and oxygen atoms in total. The van der Waals surface area contributed by atoms with E-state index >= 15 is 0 Å². The molecular weight excluding hydrogens is 396 g/mol. The number of hydrogen-bond acceptors (Lipinski definition) is 4. The highest BCUT2D eigenvalue weighted by atomic mass is 16.5. The van der Waals surface area contributed by atoms with Crippen LogP contribution in [0.25, 0.3) is 23.1 Å². The van der Waals surface area contributed by atoms with Gasteiger partial charge in [-0.25, -0.2) is 4.98 Å². The van der Waals surface area contributed by atoms with Crippen LogP contribution in [-0.2, 0) is 0 Å². The Bertz CT molecular complexity index is 1110. The fraction of sp³-hybridized carbons (Fsp3) is 0.393. The molecule has 1 unspecified atom stereocenters. The van der Waals surface area contributed by atoms with Gasteiger partial charge in [0, 0.05) is 18.0 Å². The molecule has 3 aliphatic rings. The maximum atomic E-state index is 11.7. The van der Waals surface area contributed by atoms with Gasteiger partial charge in [-0.2, -0.15) is 0 Å². The van der Waals surface area contributed by atoms with Crippen molar-refractivity contribution in [2.45, 2.75) is 38.3 Å². The van der Waals surface area contributed by atoms with Gasteiger partial charge in [0.2, 0.25) is 0 Å². The summed E-state index contributed by atoms with van der Waals surface area (Å²) in [5.74, 6) is 2.28. The summed E-state index contributed by atoms with van der Waals surface area (Å²) in [6.45, 7) is 4.50. The number of piperidine rings is 3. The molecule has 4 heterocycles. The van der Waals surface area contributed by atoms with Crippen molar-refractivity contribution in [3.63, 3.8) is 0 Å². The van der Waals surface area contributed by atoms with E-state index in [9.17, 15) is 5.11 Å². The van der Waals surface area contributed by atoms with Crippen LogP contribution in [0.3, 0.4) is 0 Å². The van der Waals surface area contributed by atoms with Crippen molar-refractivity contribution in [1.82, 2.24) is 9.88 Å². The predicted octanol–water partition coefficient (Wildman–Crippen LogP) is 5.57. The zero-order valence-corrected chi connectivity index (χ0v) is 18.9. The molecule has 0 saturated carbocycles. The fourth-order valence-electron chi connectivity index (χ4n) is 5.63. The van der Waals surface area contributed by atoms with Gasteiger partial charge in [-0.3, -0.25) is 4.90 Å². The highest BCUT2D eigenvalue weighted by Crippen LogP contribution is 2.43. The lowest BCUT2D eigenvalue weighted by molar-refractivity contribution is -0.0562. The molecule has 0 aliphatic carbocycles. The summed E-state index contributed by atoms with van der Waals surface area (Å²) in [7, 11) is 1.68. The summed E-state index contributed by atoms with van der Waals surface area (Å²) < 4.78 is 5.48. The Morgan fingerprint density at radius 2 is 2.00 bits per heavy atom. The van der Waals surface area contributed by atoms with Gasteiger partial charge in [0.05, 0.1) is 24.4 Å². The highest BCUT2D eigenvalue weighted by molar-refractivity contribution is 5.86. The van der Waals surface area contributed by atoms with Gasteiger partial charge in [0.25, 0.3) is 0 Å². The van der Waals surface area contributed by atoms with E-state index in [2.05, 4.69) is 36.1 Å². The maximum absolute atomic E-state index is 11.7. The normalized spacial score (nSPS) is 26.0. The van der Waals surface area contributed by atoms with Gasteiger partial charge in [-0.05, 0) is 72.7 Å². The number of hydrogen-bond donors (Lipinski definition) is 1. The van der Waals surface area contributed by atoms with E-state index in [1.807, 2.05) is 42.5 Å². The Balaban J connectivity index is 1.53. The van der Waals surface area contributed by atoms with Crippen LogP contribution in [0, 0.1) is 11.8 Å². The Morgan fingerprint density at radius 3 is 2.72 bits per heavy atom. The molecule has 3 aliphatic heterocycles. The molecule has 5 atom stereocenters. The molecule has 32 heavy (non-hydrogen) atoms. The van der Waals surface area contributed by atoms with E-state index in [-0.39, 0.29) is 6.04 Å². The minimum atomic E-state index is -0.544. The summed E-state index contributed by atoms with van der Waals surface area (Å²) in [5.41, 5.74) is 3.83. The van der Waals surface area contributed by atoms with Crippen LogP contribution in [0.1, 0.15) is 49.1 Å². The number of nitrogens with zero attached hydrogens (tertiary/aromatic N) is 2. The van der Waals surface area contributed by atoms with Crippen molar-refractivity contribution in [3.8, 4) is 5.75 Å². The molecule has 166 valence electrons. The molecule has 1 aromatic heterocycles. The van der Waals surface area contributed by atoms with Crippen molar-refractivity contribution in [3.05, 3.63) is 71.4 Å². The zero-order chi connectivity index (χ0) is 22.1. The van der Waals surface area contributed by atoms with Crippen molar-refractivity contribution in [2.75, 3.05) is 20.2 Å². The van der Waals surface area contributed by atoms with Crippen molar-refractivity contribution < 1.29 is 9.84 Å². The molecule has 2 aromatic carbocycles. The van der Waals surface area contributed by atoms with Gasteiger partial charge in [0.1, 0.15) is 5.75 Å². The van der Waals surface area contributed by atoms with E-state index in [0.717, 1.165) is 64.8 Å². The minimum absolute atomic E-state index is 0.166. The number of methoxy groups -OCH3 is 1. The van der Waals surface area contributed by atoms with Crippen molar-refractivity contribution in [2.24, 2.45) is 11.8 Å².